The molecule has 2 aromatic rings. The lowest BCUT2D eigenvalue weighted by Crippen LogP contribution is -2.33. The van der Waals surface area contributed by atoms with Gasteiger partial charge in [0.25, 0.3) is 0 Å². The van der Waals surface area contributed by atoms with Crippen molar-refractivity contribution in [3.63, 3.8) is 0 Å². The van der Waals surface area contributed by atoms with Crippen molar-refractivity contribution in [3.05, 3.63) is 59.7 Å². The molecule has 0 spiro atoms. The Morgan fingerprint density at radius 1 is 0.968 bits per heavy atom. The van der Waals surface area contributed by atoms with Crippen LogP contribution in [-0.2, 0) is 14.2 Å². The molecule has 1 amide bonds. The van der Waals surface area contributed by atoms with Crippen LogP contribution < -0.4 is 5.32 Å². The normalized spacial score (nSPS) is 16.0. The number of rotatable bonds is 9. The molecule has 166 valence electrons. The quantitative estimate of drug-likeness (QED) is 0.623. The van der Waals surface area contributed by atoms with Crippen molar-refractivity contribution in [2.24, 2.45) is 0 Å². The molecule has 31 heavy (non-hydrogen) atoms. The minimum atomic E-state index is -0.323. The van der Waals surface area contributed by atoms with Gasteiger partial charge in [-0.05, 0) is 48.2 Å². The Hall–Kier alpha value is -2.41. The Balaban J connectivity index is 1.18. The molecule has 0 unspecified atom stereocenters. The molecule has 0 radical (unpaired) electrons. The molecule has 0 aromatic heterocycles. The first-order valence-electron chi connectivity index (χ1n) is 11.2. The van der Waals surface area contributed by atoms with Crippen LogP contribution in [0.25, 0.3) is 11.1 Å². The van der Waals surface area contributed by atoms with Gasteiger partial charge in [-0.15, -0.1) is 0 Å². The zero-order valence-corrected chi connectivity index (χ0v) is 18.2. The Bertz CT molecular complexity index is 821. The Morgan fingerprint density at radius 2 is 1.61 bits per heavy atom. The summed E-state index contributed by atoms with van der Waals surface area (Å²) in [5.41, 5.74) is 4.90. The number of hydrogen-bond acceptors (Lipinski definition) is 5. The molecule has 1 heterocycles. The molecule has 2 aliphatic rings. The lowest BCUT2D eigenvalue weighted by Gasteiger charge is -2.23. The monoisotopic (exact) mass is 424 g/mol. The van der Waals surface area contributed by atoms with Crippen molar-refractivity contribution in [1.29, 1.82) is 0 Å². The fourth-order valence-electron chi connectivity index (χ4n) is 4.33. The van der Waals surface area contributed by atoms with Crippen molar-refractivity contribution in [2.75, 3.05) is 53.1 Å². The first kappa shape index (κ1) is 21.8. The highest BCUT2D eigenvalue weighted by Crippen LogP contribution is 2.44. The highest BCUT2D eigenvalue weighted by atomic mass is 16.6. The molecular weight excluding hydrogens is 392 g/mol. The number of ether oxygens (including phenoxy) is 3. The fourth-order valence-corrected chi connectivity index (χ4v) is 4.33. The smallest absolute Gasteiger partial charge is 0.409 e. The van der Waals surface area contributed by atoms with Crippen LogP contribution in [0.15, 0.2) is 48.5 Å². The van der Waals surface area contributed by atoms with Gasteiger partial charge in [0.05, 0.1) is 25.9 Å². The second kappa shape index (κ2) is 10.8. The highest BCUT2D eigenvalue weighted by molar-refractivity contribution is 5.79. The van der Waals surface area contributed by atoms with E-state index in [4.69, 9.17) is 14.2 Å². The first-order valence-corrected chi connectivity index (χ1v) is 11.2. The van der Waals surface area contributed by atoms with Crippen molar-refractivity contribution in [3.8, 4) is 11.1 Å². The van der Waals surface area contributed by atoms with E-state index < -0.39 is 0 Å². The summed E-state index contributed by atoms with van der Waals surface area (Å²) in [6, 6.07) is 16.7. The number of fused-ring (bicyclic) bond motifs is 3. The highest BCUT2D eigenvalue weighted by Gasteiger charge is 2.29. The van der Waals surface area contributed by atoms with Gasteiger partial charge in [0, 0.05) is 19.5 Å². The molecule has 1 fully saturated rings. The van der Waals surface area contributed by atoms with Crippen LogP contribution in [-0.4, -0.2) is 70.2 Å². The number of carbonyl (C=O) groups excluding carboxylic acids is 1. The maximum Gasteiger partial charge on any atom is 0.409 e. The molecule has 2 aromatic carbocycles. The average molecular weight is 425 g/mol. The summed E-state index contributed by atoms with van der Waals surface area (Å²) in [4.78, 5) is 14.0. The summed E-state index contributed by atoms with van der Waals surface area (Å²) >= 11 is 0. The van der Waals surface area contributed by atoms with E-state index in [0.717, 1.165) is 25.9 Å². The van der Waals surface area contributed by atoms with E-state index in [1.165, 1.54) is 22.3 Å². The van der Waals surface area contributed by atoms with Gasteiger partial charge in [-0.25, -0.2) is 4.79 Å². The van der Waals surface area contributed by atoms with E-state index in [2.05, 4.69) is 41.7 Å². The fraction of sp³-hybridized carbons (Fsp3) is 0.480. The van der Waals surface area contributed by atoms with Crippen LogP contribution in [0, 0.1) is 0 Å². The molecule has 6 nitrogen and oxygen atoms in total. The minimum absolute atomic E-state index is 0.0770. The molecule has 1 saturated heterocycles. The zero-order valence-electron chi connectivity index (χ0n) is 18.2. The van der Waals surface area contributed by atoms with Gasteiger partial charge < -0.3 is 24.4 Å². The third-order valence-corrected chi connectivity index (χ3v) is 6.09. The number of benzene rings is 2. The van der Waals surface area contributed by atoms with Crippen LogP contribution in [0.4, 0.5) is 4.79 Å². The summed E-state index contributed by atoms with van der Waals surface area (Å²) in [5, 5.41) is 3.33. The number of likely N-dealkylation sites (N-methyl/N-ethyl adjacent to an activating group) is 1. The molecular formula is C25H32N2O4. The Morgan fingerprint density at radius 3 is 2.29 bits per heavy atom. The number of carbonyl (C=O) groups is 1. The van der Waals surface area contributed by atoms with Gasteiger partial charge in [0.1, 0.15) is 6.61 Å². The summed E-state index contributed by atoms with van der Waals surface area (Å²) in [5.74, 6) is 0.0770. The second-order valence-corrected chi connectivity index (χ2v) is 8.16. The van der Waals surface area contributed by atoms with Gasteiger partial charge in [-0.3, -0.25) is 0 Å². The van der Waals surface area contributed by atoms with Crippen LogP contribution in [0.2, 0.25) is 0 Å². The maximum atomic E-state index is 12.5. The lowest BCUT2D eigenvalue weighted by atomic mass is 9.98. The topological polar surface area (TPSA) is 60.0 Å². The largest absolute Gasteiger partial charge is 0.448 e. The van der Waals surface area contributed by atoms with Gasteiger partial charge in [-0.2, -0.15) is 0 Å². The van der Waals surface area contributed by atoms with Crippen LogP contribution in [0.3, 0.4) is 0 Å². The van der Waals surface area contributed by atoms with Crippen molar-refractivity contribution >= 4 is 6.09 Å². The van der Waals surface area contributed by atoms with Gasteiger partial charge in [0.15, 0.2) is 0 Å². The van der Waals surface area contributed by atoms with Crippen molar-refractivity contribution in [2.45, 2.75) is 24.9 Å². The molecule has 0 bridgehead atoms. The third kappa shape index (κ3) is 5.45. The molecule has 4 rings (SSSR count). The second-order valence-electron chi connectivity index (χ2n) is 8.16. The number of nitrogens with one attached hydrogen (secondary N) is 1. The molecule has 1 aliphatic heterocycles. The van der Waals surface area contributed by atoms with Gasteiger partial charge in [-0.1, -0.05) is 48.5 Å². The van der Waals surface area contributed by atoms with Crippen LogP contribution in [0.5, 0.6) is 0 Å². The Kier molecular flexibility index (Phi) is 7.57. The van der Waals surface area contributed by atoms with Crippen LogP contribution >= 0.6 is 0 Å². The lowest BCUT2D eigenvalue weighted by molar-refractivity contribution is -0.00965. The third-order valence-electron chi connectivity index (χ3n) is 6.09. The predicted molar refractivity (Wildman–Crippen MR) is 120 cm³/mol. The van der Waals surface area contributed by atoms with E-state index in [9.17, 15) is 4.79 Å². The predicted octanol–water partition coefficient (Wildman–Crippen LogP) is 3.65. The van der Waals surface area contributed by atoms with Gasteiger partial charge >= 0.3 is 6.09 Å². The van der Waals surface area contributed by atoms with Crippen molar-refractivity contribution < 1.29 is 19.0 Å². The standard InChI is InChI=1S/C25H32N2O4/c1-27(14-15-29-16-17-30-19-10-12-26-13-11-19)25(28)31-18-24-22-8-4-2-6-20(22)21-7-3-5-9-23(21)24/h2-9,19,24,26H,10-18H2,1H3. The summed E-state index contributed by atoms with van der Waals surface area (Å²) < 4.78 is 17.1. The molecule has 0 saturated carbocycles. The molecule has 1 N–H and O–H groups in total. The first-order chi connectivity index (χ1) is 15.2. The summed E-state index contributed by atoms with van der Waals surface area (Å²) in [7, 11) is 1.74. The van der Waals surface area contributed by atoms with E-state index in [-0.39, 0.29) is 12.0 Å². The van der Waals surface area contributed by atoms with Crippen molar-refractivity contribution in [1.82, 2.24) is 10.2 Å². The molecule has 6 heteroatoms. The summed E-state index contributed by atoms with van der Waals surface area (Å²) in [6.07, 6.45) is 2.14. The van der Waals surface area contributed by atoms with E-state index >= 15 is 0 Å². The van der Waals surface area contributed by atoms with E-state index in [1.54, 1.807) is 11.9 Å². The zero-order chi connectivity index (χ0) is 21.5. The molecule has 0 atom stereocenters. The minimum Gasteiger partial charge on any atom is -0.448 e. The SMILES string of the molecule is CN(CCOCCOC1CCNCC1)C(=O)OCC1c2ccccc2-c2ccccc21. The van der Waals surface area contributed by atoms with E-state index in [1.807, 2.05) is 12.1 Å². The average Bonchev–Trinajstić information content (AvgIpc) is 3.14. The summed E-state index contributed by atoms with van der Waals surface area (Å²) in [6.45, 7) is 4.48. The van der Waals surface area contributed by atoms with Gasteiger partial charge in [0.2, 0.25) is 0 Å². The maximum absolute atomic E-state index is 12.5. The number of amides is 1. The Labute approximate surface area is 184 Å². The number of nitrogens with zero attached hydrogens (tertiary/aromatic N) is 1. The number of piperidine rings is 1. The van der Waals surface area contributed by atoms with E-state index in [0.29, 0.717) is 39.1 Å². The van der Waals surface area contributed by atoms with Crippen LogP contribution in [0.1, 0.15) is 29.9 Å². The molecule has 1 aliphatic carbocycles. The number of hydrogen-bond donors (Lipinski definition) is 1.